The molecular weight excluding hydrogens is 188 g/mol. The van der Waals surface area contributed by atoms with Crippen LogP contribution in [0.2, 0.25) is 0 Å². The van der Waals surface area contributed by atoms with Gasteiger partial charge in [0, 0.05) is 18.8 Å². The van der Waals surface area contributed by atoms with Gasteiger partial charge in [-0.15, -0.1) is 0 Å². The summed E-state index contributed by atoms with van der Waals surface area (Å²) in [5, 5.41) is 7.46. The van der Waals surface area contributed by atoms with Gasteiger partial charge < -0.3 is 15.1 Å². The van der Waals surface area contributed by atoms with E-state index in [0.717, 1.165) is 5.75 Å². The number of rotatable bonds is 2. The van der Waals surface area contributed by atoms with E-state index < -0.39 is 0 Å². The lowest BCUT2D eigenvalue weighted by atomic mass is 10.2. The maximum absolute atomic E-state index is 5.34. The molecule has 0 saturated carbocycles. The van der Waals surface area contributed by atoms with Gasteiger partial charge in [-0.1, -0.05) is 10.2 Å². The summed E-state index contributed by atoms with van der Waals surface area (Å²) in [6.07, 6.45) is 1.17. The van der Waals surface area contributed by atoms with E-state index in [1.807, 2.05) is 23.7 Å². The van der Waals surface area contributed by atoms with Crippen LogP contribution in [0.25, 0.3) is 0 Å². The number of nitrogen functional groups attached to an aromatic ring is 1. The largest absolute Gasteiger partial charge is 0.390 e. The first-order valence-electron chi connectivity index (χ1n) is 4.17. The molecule has 1 aromatic heterocycles. The van der Waals surface area contributed by atoms with Crippen molar-refractivity contribution < 1.29 is 4.42 Å². The van der Waals surface area contributed by atoms with Gasteiger partial charge in [-0.3, -0.25) is 0 Å². The Morgan fingerprint density at radius 1 is 1.62 bits per heavy atom. The molecule has 2 N–H and O–H groups in total. The fraction of sp³-hybridized carbons (Fsp3) is 0.714. The third kappa shape index (κ3) is 1.72. The van der Waals surface area contributed by atoms with E-state index in [-0.39, 0.29) is 6.01 Å². The minimum atomic E-state index is 0.132. The topological polar surface area (TPSA) is 68.2 Å². The summed E-state index contributed by atoms with van der Waals surface area (Å²) in [6.45, 7) is 0. The highest BCUT2D eigenvalue weighted by Gasteiger charge is 2.23. The Kier molecular flexibility index (Phi) is 2.30. The van der Waals surface area contributed by atoms with Gasteiger partial charge in [-0.25, -0.2) is 0 Å². The van der Waals surface area contributed by atoms with E-state index in [1.165, 1.54) is 12.2 Å². The van der Waals surface area contributed by atoms with Crippen molar-refractivity contribution in [2.45, 2.75) is 12.5 Å². The number of nitrogens with two attached hydrogens (primary N) is 1. The number of nitrogens with zero attached hydrogens (tertiary/aromatic N) is 3. The van der Waals surface area contributed by atoms with Crippen molar-refractivity contribution in [1.82, 2.24) is 10.2 Å². The summed E-state index contributed by atoms with van der Waals surface area (Å²) in [4.78, 5) is 2.00. The highest BCUT2D eigenvalue weighted by atomic mass is 32.2. The summed E-state index contributed by atoms with van der Waals surface area (Å²) in [7, 11) is 1.96. The average molecular weight is 200 g/mol. The summed E-state index contributed by atoms with van der Waals surface area (Å²) in [5.41, 5.74) is 5.34. The van der Waals surface area contributed by atoms with Crippen molar-refractivity contribution >= 4 is 23.8 Å². The predicted molar refractivity (Wildman–Crippen MR) is 52.8 cm³/mol. The van der Waals surface area contributed by atoms with Crippen molar-refractivity contribution in [3.63, 3.8) is 0 Å². The Hall–Kier alpha value is -0.910. The Labute approximate surface area is 80.7 Å². The second-order valence-corrected chi connectivity index (χ2v) is 4.20. The number of hydrogen-bond acceptors (Lipinski definition) is 6. The van der Waals surface area contributed by atoms with Gasteiger partial charge >= 0.3 is 12.0 Å². The molecule has 2 rings (SSSR count). The average Bonchev–Trinajstić information content (AvgIpc) is 2.72. The fourth-order valence-electron chi connectivity index (χ4n) is 1.35. The number of thioether (sulfide) groups is 1. The molecule has 5 nitrogen and oxygen atoms in total. The van der Waals surface area contributed by atoms with Gasteiger partial charge in [0.2, 0.25) is 0 Å². The SMILES string of the molecule is CN(c1nnc(N)o1)C1CCSC1. The number of anilines is 2. The van der Waals surface area contributed by atoms with Crippen LogP contribution in [0.3, 0.4) is 0 Å². The second kappa shape index (κ2) is 3.45. The van der Waals surface area contributed by atoms with E-state index in [2.05, 4.69) is 10.2 Å². The van der Waals surface area contributed by atoms with Gasteiger partial charge in [0.25, 0.3) is 0 Å². The van der Waals surface area contributed by atoms with Gasteiger partial charge in [-0.05, 0) is 12.2 Å². The molecule has 1 fully saturated rings. The molecule has 13 heavy (non-hydrogen) atoms. The third-order valence-electron chi connectivity index (χ3n) is 2.19. The fourth-order valence-corrected chi connectivity index (χ4v) is 2.62. The first-order valence-corrected chi connectivity index (χ1v) is 5.32. The summed E-state index contributed by atoms with van der Waals surface area (Å²) in [5.74, 6) is 2.33. The highest BCUT2D eigenvalue weighted by Crippen LogP contribution is 2.25. The maximum Gasteiger partial charge on any atom is 0.319 e. The molecular formula is C7H12N4OS. The molecule has 0 bridgehead atoms. The number of hydrogen-bond donors (Lipinski definition) is 1. The Bertz CT molecular complexity index is 284. The summed E-state index contributed by atoms with van der Waals surface area (Å²) in [6, 6.07) is 1.15. The molecule has 2 heterocycles. The second-order valence-electron chi connectivity index (χ2n) is 3.05. The molecule has 6 heteroatoms. The zero-order valence-corrected chi connectivity index (χ0v) is 8.25. The molecule has 1 atom stereocenters. The molecule has 1 aromatic rings. The van der Waals surface area contributed by atoms with Crippen LogP contribution in [0, 0.1) is 0 Å². The molecule has 72 valence electrons. The van der Waals surface area contributed by atoms with Gasteiger partial charge in [0.1, 0.15) is 0 Å². The molecule has 0 radical (unpaired) electrons. The zero-order valence-electron chi connectivity index (χ0n) is 7.43. The lowest BCUT2D eigenvalue weighted by Crippen LogP contribution is -2.31. The lowest BCUT2D eigenvalue weighted by molar-refractivity contribution is 0.535. The van der Waals surface area contributed by atoms with Gasteiger partial charge in [-0.2, -0.15) is 11.8 Å². The van der Waals surface area contributed by atoms with Crippen LogP contribution < -0.4 is 10.6 Å². The minimum absolute atomic E-state index is 0.132. The zero-order chi connectivity index (χ0) is 9.26. The normalized spacial score (nSPS) is 22.1. The third-order valence-corrected chi connectivity index (χ3v) is 3.33. The van der Waals surface area contributed by atoms with Crippen molar-refractivity contribution in [2.75, 3.05) is 29.2 Å². The predicted octanol–water partition coefficient (Wildman–Crippen LogP) is 0.593. The van der Waals surface area contributed by atoms with E-state index >= 15 is 0 Å². The van der Waals surface area contributed by atoms with Crippen LogP contribution >= 0.6 is 11.8 Å². The Balaban J connectivity index is 2.07. The molecule has 1 aliphatic heterocycles. The molecule has 0 amide bonds. The van der Waals surface area contributed by atoms with Crippen molar-refractivity contribution in [3.05, 3.63) is 0 Å². The monoisotopic (exact) mass is 200 g/mol. The Morgan fingerprint density at radius 2 is 2.46 bits per heavy atom. The molecule has 1 aliphatic rings. The van der Waals surface area contributed by atoms with Crippen LogP contribution in [0.5, 0.6) is 0 Å². The van der Waals surface area contributed by atoms with Crippen molar-refractivity contribution in [1.29, 1.82) is 0 Å². The maximum atomic E-state index is 5.34. The summed E-state index contributed by atoms with van der Waals surface area (Å²) >= 11 is 1.95. The van der Waals surface area contributed by atoms with E-state index in [0.29, 0.717) is 12.1 Å². The first kappa shape index (κ1) is 8.68. The Morgan fingerprint density at radius 3 is 3.00 bits per heavy atom. The highest BCUT2D eigenvalue weighted by molar-refractivity contribution is 7.99. The van der Waals surface area contributed by atoms with Crippen molar-refractivity contribution in [3.8, 4) is 0 Å². The van der Waals surface area contributed by atoms with Gasteiger partial charge in [0.15, 0.2) is 0 Å². The summed E-state index contributed by atoms with van der Waals surface area (Å²) < 4.78 is 5.13. The van der Waals surface area contributed by atoms with E-state index in [9.17, 15) is 0 Å². The van der Waals surface area contributed by atoms with Crippen LogP contribution in [-0.2, 0) is 0 Å². The standard InChI is InChI=1S/C7H12N4OS/c1-11(5-2-3-13-4-5)7-10-9-6(8)12-7/h5H,2-4H2,1H3,(H2,8,9). The first-order chi connectivity index (χ1) is 6.27. The number of aromatic nitrogens is 2. The quantitative estimate of drug-likeness (QED) is 0.753. The molecule has 0 aliphatic carbocycles. The molecule has 1 unspecified atom stereocenters. The molecule has 0 aromatic carbocycles. The van der Waals surface area contributed by atoms with E-state index in [1.54, 1.807) is 0 Å². The smallest absolute Gasteiger partial charge is 0.319 e. The molecule has 0 spiro atoms. The van der Waals surface area contributed by atoms with Crippen LogP contribution in [0.15, 0.2) is 4.42 Å². The lowest BCUT2D eigenvalue weighted by Gasteiger charge is -2.20. The molecule has 1 saturated heterocycles. The van der Waals surface area contributed by atoms with Crippen molar-refractivity contribution in [2.24, 2.45) is 0 Å². The van der Waals surface area contributed by atoms with Crippen LogP contribution in [-0.4, -0.2) is 34.8 Å². The van der Waals surface area contributed by atoms with Gasteiger partial charge in [0.05, 0.1) is 0 Å². The van der Waals surface area contributed by atoms with Crippen LogP contribution in [0.4, 0.5) is 12.0 Å². The van der Waals surface area contributed by atoms with Crippen LogP contribution in [0.1, 0.15) is 6.42 Å². The minimum Gasteiger partial charge on any atom is -0.390 e. The van der Waals surface area contributed by atoms with E-state index in [4.69, 9.17) is 10.2 Å².